The zero-order valence-electron chi connectivity index (χ0n) is 44.9. The highest BCUT2D eigenvalue weighted by Gasteiger charge is 2.18. The van der Waals surface area contributed by atoms with Crippen molar-refractivity contribution in [3.8, 4) is 0 Å². The molecule has 1 amide bonds. The summed E-state index contributed by atoms with van der Waals surface area (Å²) in [5.41, 5.74) is 0. The Hall–Kier alpha value is -1.92. The van der Waals surface area contributed by atoms with E-state index in [1.807, 2.05) is 6.08 Å². The van der Waals surface area contributed by atoms with Crippen LogP contribution < -0.4 is 5.32 Å². The Morgan fingerprint density at radius 1 is 0.418 bits per heavy atom. The van der Waals surface area contributed by atoms with E-state index in [9.17, 15) is 19.8 Å². The highest BCUT2D eigenvalue weighted by molar-refractivity contribution is 5.76. The number of unbranched alkanes of at least 4 members (excludes halogenated alkanes) is 40. The second-order valence-electron chi connectivity index (χ2n) is 20.3. The Morgan fingerprint density at radius 3 is 1.18 bits per heavy atom. The molecule has 0 aliphatic rings. The van der Waals surface area contributed by atoms with Gasteiger partial charge in [0.05, 0.1) is 25.4 Å². The van der Waals surface area contributed by atoms with E-state index in [4.69, 9.17) is 4.74 Å². The van der Waals surface area contributed by atoms with E-state index in [1.165, 1.54) is 238 Å². The molecule has 0 rings (SSSR count). The number of carbonyl (C=O) groups excluding carboxylic acids is 2. The van der Waals surface area contributed by atoms with Gasteiger partial charge in [0.25, 0.3) is 0 Å². The number of carbonyl (C=O) groups is 2. The third kappa shape index (κ3) is 53.3. The van der Waals surface area contributed by atoms with Crippen molar-refractivity contribution in [2.75, 3.05) is 13.2 Å². The average molecular weight is 943 g/mol. The van der Waals surface area contributed by atoms with Gasteiger partial charge in [-0.1, -0.05) is 281 Å². The Balaban J connectivity index is 3.36. The van der Waals surface area contributed by atoms with E-state index < -0.39 is 12.1 Å². The molecule has 2 unspecified atom stereocenters. The van der Waals surface area contributed by atoms with Gasteiger partial charge in [0, 0.05) is 12.8 Å². The lowest BCUT2D eigenvalue weighted by atomic mass is 10.0. The highest BCUT2D eigenvalue weighted by atomic mass is 16.5. The second kappa shape index (κ2) is 56.7. The molecule has 0 radical (unpaired) electrons. The van der Waals surface area contributed by atoms with Crippen molar-refractivity contribution >= 4 is 11.9 Å². The number of allylic oxidation sites excluding steroid dienone is 5. The number of hydrogen-bond acceptors (Lipinski definition) is 5. The summed E-state index contributed by atoms with van der Waals surface area (Å²) < 4.78 is 5.47. The van der Waals surface area contributed by atoms with Crippen molar-refractivity contribution in [3.05, 3.63) is 36.5 Å². The van der Waals surface area contributed by atoms with Crippen LogP contribution in [0.1, 0.15) is 316 Å². The second-order valence-corrected chi connectivity index (χ2v) is 20.3. The predicted molar refractivity (Wildman–Crippen MR) is 292 cm³/mol. The first-order valence-electron chi connectivity index (χ1n) is 29.8. The molecule has 6 nitrogen and oxygen atoms in total. The Kier molecular flexibility index (Phi) is 55.0. The smallest absolute Gasteiger partial charge is 0.305 e. The zero-order valence-corrected chi connectivity index (χ0v) is 44.9. The van der Waals surface area contributed by atoms with Crippen LogP contribution in [0.25, 0.3) is 0 Å². The molecule has 0 saturated heterocycles. The topological polar surface area (TPSA) is 95.9 Å². The van der Waals surface area contributed by atoms with Gasteiger partial charge < -0.3 is 20.3 Å². The number of aliphatic hydroxyl groups is 2. The molecule has 0 spiro atoms. The molecule has 0 aromatic rings. The molecule has 0 aliphatic carbocycles. The maximum absolute atomic E-state index is 12.4. The molecule has 0 saturated carbocycles. The quantitative estimate of drug-likeness (QED) is 0.0321. The fourth-order valence-corrected chi connectivity index (χ4v) is 9.06. The molecule has 6 heteroatoms. The maximum atomic E-state index is 12.4. The first kappa shape index (κ1) is 65.1. The summed E-state index contributed by atoms with van der Waals surface area (Å²) >= 11 is 0. The molecule has 0 aromatic carbocycles. The van der Waals surface area contributed by atoms with E-state index in [1.54, 1.807) is 6.08 Å². The third-order valence-electron chi connectivity index (χ3n) is 13.7. The number of nitrogens with one attached hydrogen (secondary N) is 1. The number of aliphatic hydroxyl groups excluding tert-OH is 2. The first-order valence-corrected chi connectivity index (χ1v) is 29.8. The predicted octanol–water partition coefficient (Wildman–Crippen LogP) is 18.4. The first-order chi connectivity index (χ1) is 33.0. The van der Waals surface area contributed by atoms with Crippen molar-refractivity contribution in [1.29, 1.82) is 0 Å². The molecule has 3 N–H and O–H groups in total. The van der Waals surface area contributed by atoms with Crippen LogP contribution >= 0.6 is 0 Å². The minimum Gasteiger partial charge on any atom is -0.466 e. The summed E-state index contributed by atoms with van der Waals surface area (Å²) in [5, 5.41) is 23.0. The van der Waals surface area contributed by atoms with Crippen LogP contribution in [0, 0.1) is 0 Å². The average Bonchev–Trinajstić information content (AvgIpc) is 3.33. The number of hydrogen-bond donors (Lipinski definition) is 3. The van der Waals surface area contributed by atoms with Crippen LogP contribution in [-0.4, -0.2) is 47.4 Å². The Bertz CT molecular complexity index is 1090. The van der Waals surface area contributed by atoms with Gasteiger partial charge >= 0.3 is 5.97 Å². The molecule has 0 heterocycles. The van der Waals surface area contributed by atoms with Gasteiger partial charge in [0.2, 0.25) is 5.91 Å². The van der Waals surface area contributed by atoms with Crippen molar-refractivity contribution in [1.82, 2.24) is 5.32 Å². The van der Waals surface area contributed by atoms with Crippen LogP contribution in [0.4, 0.5) is 0 Å². The fourth-order valence-electron chi connectivity index (χ4n) is 9.06. The van der Waals surface area contributed by atoms with Crippen molar-refractivity contribution in [2.24, 2.45) is 0 Å². The largest absolute Gasteiger partial charge is 0.466 e. The fraction of sp³-hybridized carbons (Fsp3) is 0.869. The van der Waals surface area contributed by atoms with Gasteiger partial charge in [-0.05, 0) is 57.8 Å². The molecule has 0 aliphatic heterocycles. The van der Waals surface area contributed by atoms with Crippen molar-refractivity contribution in [2.45, 2.75) is 328 Å². The Labute approximate surface area is 417 Å². The van der Waals surface area contributed by atoms with E-state index in [2.05, 4.69) is 43.5 Å². The van der Waals surface area contributed by atoms with E-state index in [0.717, 1.165) is 51.4 Å². The molecule has 0 bridgehead atoms. The monoisotopic (exact) mass is 942 g/mol. The molecule has 394 valence electrons. The van der Waals surface area contributed by atoms with Gasteiger partial charge in [-0.2, -0.15) is 0 Å². The zero-order chi connectivity index (χ0) is 48.6. The lowest BCUT2D eigenvalue weighted by Crippen LogP contribution is -2.45. The number of rotatable bonds is 55. The van der Waals surface area contributed by atoms with Crippen LogP contribution in [-0.2, 0) is 14.3 Å². The molecule has 2 atom stereocenters. The van der Waals surface area contributed by atoms with E-state index in [0.29, 0.717) is 19.4 Å². The molecular weight excluding hydrogens is 827 g/mol. The van der Waals surface area contributed by atoms with Crippen LogP contribution in [0.15, 0.2) is 36.5 Å². The summed E-state index contributed by atoms with van der Waals surface area (Å²) in [4.78, 5) is 24.4. The third-order valence-corrected chi connectivity index (χ3v) is 13.7. The summed E-state index contributed by atoms with van der Waals surface area (Å²) in [6.45, 7) is 4.85. The summed E-state index contributed by atoms with van der Waals surface area (Å²) in [6.07, 6.45) is 70.4. The van der Waals surface area contributed by atoms with Gasteiger partial charge in [0.15, 0.2) is 0 Å². The lowest BCUT2D eigenvalue weighted by molar-refractivity contribution is -0.143. The number of esters is 1. The normalized spacial score (nSPS) is 12.8. The van der Waals surface area contributed by atoms with Gasteiger partial charge in [-0.15, -0.1) is 0 Å². The molecule has 0 fully saturated rings. The molecule has 0 aromatic heterocycles. The Morgan fingerprint density at radius 2 is 0.761 bits per heavy atom. The number of amides is 1. The standard InChI is InChI=1S/C61H115NO5/c1-3-5-7-9-11-13-15-16-31-35-39-43-47-51-55-61(66)67-56-52-48-44-40-36-32-29-27-25-23-21-19-17-18-20-22-24-26-28-30-34-38-42-46-50-54-60(65)62-58(57-63)59(64)53-49-45-41-37-33-14-12-10-8-6-4-2/h9,11,15-16,49,53,58-59,63-64H,3-8,10,12-14,17-48,50-52,54-57H2,1-2H3,(H,62,65)/b11-9-,16-15-,53-49+. The van der Waals surface area contributed by atoms with Gasteiger partial charge in [-0.3, -0.25) is 9.59 Å². The van der Waals surface area contributed by atoms with Crippen LogP contribution in [0.3, 0.4) is 0 Å². The summed E-state index contributed by atoms with van der Waals surface area (Å²) in [6, 6.07) is -0.625. The maximum Gasteiger partial charge on any atom is 0.305 e. The van der Waals surface area contributed by atoms with Gasteiger partial charge in [-0.25, -0.2) is 0 Å². The van der Waals surface area contributed by atoms with E-state index in [-0.39, 0.29) is 18.5 Å². The SMILES string of the molecule is CCCC/C=C\C/C=C\CCCCCCCC(=O)OCCCCCCCCCCCCCCCCCCCCCCCCCCCC(=O)NC(CO)C(O)/C=C/CCCCCCCCCCC. The highest BCUT2D eigenvalue weighted by Crippen LogP contribution is 2.17. The lowest BCUT2D eigenvalue weighted by Gasteiger charge is -2.20. The molecule has 67 heavy (non-hydrogen) atoms. The summed E-state index contributed by atoms with van der Waals surface area (Å²) in [5.74, 6) is -0.0663. The number of ether oxygens (including phenoxy) is 1. The van der Waals surface area contributed by atoms with Crippen molar-refractivity contribution in [3.63, 3.8) is 0 Å². The summed E-state index contributed by atoms with van der Waals surface area (Å²) in [7, 11) is 0. The van der Waals surface area contributed by atoms with Crippen LogP contribution in [0.2, 0.25) is 0 Å². The van der Waals surface area contributed by atoms with E-state index >= 15 is 0 Å². The molecular formula is C61H115NO5. The van der Waals surface area contributed by atoms with Crippen LogP contribution in [0.5, 0.6) is 0 Å². The van der Waals surface area contributed by atoms with Gasteiger partial charge in [0.1, 0.15) is 0 Å². The minimum absolute atomic E-state index is 0.000992. The minimum atomic E-state index is -0.842. The van der Waals surface area contributed by atoms with Crippen molar-refractivity contribution < 1.29 is 24.5 Å².